The molecule has 0 aromatic heterocycles. The molecule has 0 radical (unpaired) electrons. The number of ether oxygens (including phenoxy) is 7. The van der Waals surface area contributed by atoms with Crippen LogP contribution in [0.3, 0.4) is 0 Å². The molecule has 0 unspecified atom stereocenters. The van der Waals surface area contributed by atoms with E-state index in [2.05, 4.69) is 6.08 Å². The summed E-state index contributed by atoms with van der Waals surface area (Å²) < 4.78 is 46.0. The zero-order valence-corrected chi connectivity index (χ0v) is 39.5. The van der Waals surface area contributed by atoms with Crippen LogP contribution in [0.25, 0.3) is 0 Å². The number of piperidine rings is 1. The van der Waals surface area contributed by atoms with Crippen LogP contribution in [0.4, 0.5) is 9.59 Å². The Morgan fingerprint density at radius 3 is 1.46 bits per heavy atom. The van der Waals surface area contributed by atoms with Gasteiger partial charge in [0.2, 0.25) is 0 Å². The smallest absolute Gasteiger partial charge is 0.412 e. The largest absolute Gasteiger partial charge is 0.445 e. The molecule has 2 heterocycles. The molecular formula is C56H66N2O9. The maximum absolute atomic E-state index is 15.1. The van der Waals surface area contributed by atoms with Gasteiger partial charge in [0.25, 0.3) is 0 Å². The number of likely N-dealkylation sites (tertiary alicyclic amines) is 1. The molecule has 5 aromatic rings. The van der Waals surface area contributed by atoms with E-state index in [0.29, 0.717) is 26.1 Å². The second kappa shape index (κ2) is 23.8. The van der Waals surface area contributed by atoms with Gasteiger partial charge in [-0.15, -0.1) is 0 Å². The van der Waals surface area contributed by atoms with E-state index in [1.165, 1.54) is 0 Å². The average Bonchev–Trinajstić information content (AvgIpc) is 3.64. The lowest BCUT2D eigenvalue weighted by atomic mass is 9.85. The third-order valence-electron chi connectivity index (χ3n) is 11.9. The van der Waals surface area contributed by atoms with Crippen LogP contribution in [-0.2, 0) is 66.2 Å². The molecule has 7 rings (SSSR count). The number of amides is 2. The highest BCUT2D eigenvalue weighted by atomic mass is 16.6. The summed E-state index contributed by atoms with van der Waals surface area (Å²) >= 11 is 0. The fraction of sp³-hybridized carbons (Fsp3) is 0.393. The Bertz CT molecular complexity index is 2270. The first-order chi connectivity index (χ1) is 32.4. The number of carbonyl (C=O) groups excluding carboxylic acids is 2. The zero-order valence-electron chi connectivity index (χ0n) is 39.5. The third-order valence-corrected chi connectivity index (χ3v) is 11.9. The van der Waals surface area contributed by atoms with E-state index < -0.39 is 53.9 Å². The maximum Gasteiger partial charge on any atom is 0.412 e. The molecule has 0 spiro atoms. The number of carbonyl (C=O) groups is 2. The number of hydrogen-bond acceptors (Lipinski definition) is 9. The van der Waals surface area contributed by atoms with Crippen molar-refractivity contribution in [1.29, 1.82) is 0 Å². The molecule has 0 saturated carbocycles. The Hall–Kier alpha value is -5.82. The van der Waals surface area contributed by atoms with Gasteiger partial charge in [0.1, 0.15) is 36.2 Å². The molecule has 2 aliphatic heterocycles. The van der Waals surface area contributed by atoms with E-state index in [-0.39, 0.29) is 39.1 Å². The summed E-state index contributed by atoms with van der Waals surface area (Å²) in [4.78, 5) is 32.1. The Kier molecular flexibility index (Phi) is 17.4. The first kappa shape index (κ1) is 49.1. The predicted molar refractivity (Wildman–Crippen MR) is 257 cm³/mol. The van der Waals surface area contributed by atoms with Gasteiger partial charge < -0.3 is 33.2 Å². The molecule has 354 valence electrons. The minimum Gasteiger partial charge on any atom is -0.445 e. The van der Waals surface area contributed by atoms with Crippen molar-refractivity contribution in [3.63, 3.8) is 0 Å². The Balaban J connectivity index is 1.28. The van der Waals surface area contributed by atoms with Crippen molar-refractivity contribution in [3.8, 4) is 0 Å². The van der Waals surface area contributed by atoms with E-state index in [1.807, 2.05) is 192 Å². The topological polar surface area (TPSA) is 105 Å². The molecule has 6 atom stereocenters. The van der Waals surface area contributed by atoms with Gasteiger partial charge in [-0.2, -0.15) is 0 Å². The van der Waals surface area contributed by atoms with E-state index in [1.54, 1.807) is 9.80 Å². The van der Waals surface area contributed by atoms with Crippen molar-refractivity contribution in [2.45, 2.75) is 128 Å². The third kappa shape index (κ3) is 14.1. The van der Waals surface area contributed by atoms with Crippen molar-refractivity contribution in [1.82, 2.24) is 9.80 Å². The highest BCUT2D eigenvalue weighted by Crippen LogP contribution is 2.36. The van der Waals surface area contributed by atoms with Gasteiger partial charge in [-0.25, -0.2) is 9.59 Å². The fourth-order valence-electron chi connectivity index (χ4n) is 8.67. The quantitative estimate of drug-likeness (QED) is 0.0749. The van der Waals surface area contributed by atoms with Gasteiger partial charge in [-0.1, -0.05) is 164 Å². The lowest BCUT2D eigenvalue weighted by Crippen LogP contribution is -2.70. The summed E-state index contributed by atoms with van der Waals surface area (Å²) in [6.07, 6.45) is 1.87. The summed E-state index contributed by atoms with van der Waals surface area (Å²) in [5.74, 6) is 0. The molecule has 67 heavy (non-hydrogen) atoms. The minimum absolute atomic E-state index is 0.0628. The van der Waals surface area contributed by atoms with Crippen LogP contribution in [0, 0.1) is 0 Å². The van der Waals surface area contributed by atoms with Gasteiger partial charge in [-0.05, 0) is 75.3 Å². The first-order valence-electron chi connectivity index (χ1n) is 23.3. The van der Waals surface area contributed by atoms with E-state index in [0.717, 1.165) is 27.8 Å². The van der Waals surface area contributed by atoms with E-state index in [9.17, 15) is 4.79 Å². The Morgan fingerprint density at radius 2 is 0.985 bits per heavy atom. The molecule has 0 aliphatic carbocycles. The van der Waals surface area contributed by atoms with Crippen LogP contribution in [0.2, 0.25) is 0 Å². The summed E-state index contributed by atoms with van der Waals surface area (Å²) in [5, 5.41) is 0. The molecule has 2 aliphatic rings. The van der Waals surface area contributed by atoms with Crippen molar-refractivity contribution < 1.29 is 42.7 Å². The summed E-state index contributed by atoms with van der Waals surface area (Å²) in [7, 11) is 0. The lowest BCUT2D eigenvalue weighted by Gasteiger charge is -2.52. The maximum atomic E-state index is 15.1. The molecule has 2 amide bonds. The average molecular weight is 911 g/mol. The van der Waals surface area contributed by atoms with Crippen molar-refractivity contribution in [2.75, 3.05) is 13.2 Å². The molecular weight excluding hydrogens is 845 g/mol. The van der Waals surface area contributed by atoms with Crippen LogP contribution >= 0.6 is 0 Å². The normalized spacial score (nSPS) is 21.6. The standard InChI is InChI=1S/C56H66N2O9/c1-55(2,3)67-54(60)58-47(40-66-56(58,4)5)33-21-22-34-48-50(62-36-43-25-13-7-14-26-43)52(64-38-45-29-17-9-18-30-45)51(63-37-44-27-15-8-16-28-44)49(41-61-35-42-23-11-6-12-24-42)57(48)53(59)65-39-46-31-19-10-20-32-46/h6-32,47-52H,33-41H2,1-5H3/b22-21+/t47-,48-,49-,50-,51-,52+/m0/s1. The van der Waals surface area contributed by atoms with Crippen LogP contribution in [0.5, 0.6) is 0 Å². The molecule has 0 bridgehead atoms. The van der Waals surface area contributed by atoms with Crippen LogP contribution < -0.4 is 0 Å². The SMILES string of the molecule is CC(C)(C)OC(=O)N1[C@@H](C/C=C/C[C@H]2[C@H](OCc3ccccc3)[C@@H](OCc3ccccc3)[C@@H](OCc3ccccc3)[C@H](COCc3ccccc3)N2C(=O)OCc2ccccc2)COC1(C)C. The molecule has 2 fully saturated rings. The zero-order chi connectivity index (χ0) is 47.1. The minimum atomic E-state index is -0.856. The summed E-state index contributed by atoms with van der Waals surface area (Å²) in [6.45, 7) is 10.9. The van der Waals surface area contributed by atoms with Gasteiger partial charge in [0.15, 0.2) is 0 Å². The van der Waals surface area contributed by atoms with Crippen LogP contribution in [0.1, 0.15) is 75.3 Å². The van der Waals surface area contributed by atoms with Crippen molar-refractivity contribution in [3.05, 3.63) is 192 Å². The molecule has 5 aromatic carbocycles. The van der Waals surface area contributed by atoms with E-state index in [4.69, 9.17) is 33.2 Å². The predicted octanol–water partition coefficient (Wildman–Crippen LogP) is 11.1. The van der Waals surface area contributed by atoms with Crippen LogP contribution in [0.15, 0.2) is 164 Å². The number of rotatable bonds is 19. The highest BCUT2D eigenvalue weighted by molar-refractivity contribution is 5.70. The Morgan fingerprint density at radius 1 is 0.567 bits per heavy atom. The molecule has 2 saturated heterocycles. The molecule has 11 nitrogen and oxygen atoms in total. The number of benzene rings is 5. The van der Waals surface area contributed by atoms with Gasteiger partial charge >= 0.3 is 12.2 Å². The highest BCUT2D eigenvalue weighted by Gasteiger charge is 2.54. The summed E-state index contributed by atoms with van der Waals surface area (Å²) in [6, 6.07) is 48.0. The first-order valence-corrected chi connectivity index (χ1v) is 23.3. The number of hydrogen-bond donors (Lipinski definition) is 0. The molecule has 11 heteroatoms. The monoisotopic (exact) mass is 910 g/mol. The lowest BCUT2D eigenvalue weighted by molar-refractivity contribution is -0.222. The van der Waals surface area contributed by atoms with Gasteiger partial charge in [0, 0.05) is 0 Å². The van der Waals surface area contributed by atoms with Crippen molar-refractivity contribution >= 4 is 12.2 Å². The molecule has 0 N–H and O–H groups in total. The number of nitrogens with zero attached hydrogens (tertiary/aromatic N) is 2. The van der Waals surface area contributed by atoms with Crippen LogP contribution in [-0.4, -0.2) is 83.0 Å². The van der Waals surface area contributed by atoms with Gasteiger partial charge in [0.05, 0.1) is 57.8 Å². The second-order valence-corrected chi connectivity index (χ2v) is 18.6. The van der Waals surface area contributed by atoms with Crippen molar-refractivity contribution in [2.24, 2.45) is 0 Å². The van der Waals surface area contributed by atoms with Gasteiger partial charge in [-0.3, -0.25) is 9.80 Å². The van der Waals surface area contributed by atoms with E-state index >= 15 is 4.79 Å². The summed E-state index contributed by atoms with van der Waals surface area (Å²) in [5.41, 5.74) is 3.25. The second-order valence-electron chi connectivity index (χ2n) is 18.6. The fourth-order valence-corrected chi connectivity index (χ4v) is 8.67. The Labute approximate surface area is 396 Å².